The van der Waals surface area contributed by atoms with Crippen LogP contribution in [0.4, 0.5) is 0 Å². The van der Waals surface area contributed by atoms with Gasteiger partial charge in [-0.3, -0.25) is 9.89 Å². The maximum Gasteiger partial charge on any atom is 0.193 e. The molecule has 0 amide bonds. The fourth-order valence-corrected chi connectivity index (χ4v) is 4.38. The van der Waals surface area contributed by atoms with Crippen LogP contribution >= 0.6 is 0 Å². The van der Waals surface area contributed by atoms with E-state index in [-0.39, 0.29) is 0 Å². The average Bonchev–Trinajstić information content (AvgIpc) is 2.94. The summed E-state index contributed by atoms with van der Waals surface area (Å²) in [5.41, 5.74) is 0. The summed E-state index contributed by atoms with van der Waals surface area (Å²) in [4.78, 5) is 9.51. The van der Waals surface area contributed by atoms with E-state index in [0.717, 1.165) is 50.6 Å². The molecule has 3 heterocycles. The molecule has 1 N–H and O–H groups in total. The molecule has 0 aromatic rings. The second-order valence-electron chi connectivity index (χ2n) is 7.53. The molecule has 3 rings (SSSR count). The van der Waals surface area contributed by atoms with Gasteiger partial charge in [-0.05, 0) is 37.6 Å². The first-order valence-electron chi connectivity index (χ1n) is 8.97. The fraction of sp³-hybridized carbons (Fsp3) is 0.941. The molecule has 126 valence electrons. The van der Waals surface area contributed by atoms with Crippen molar-refractivity contribution >= 4 is 5.96 Å². The zero-order valence-corrected chi connectivity index (χ0v) is 14.4. The van der Waals surface area contributed by atoms with Gasteiger partial charge in [0.25, 0.3) is 0 Å². The van der Waals surface area contributed by atoms with Crippen molar-refractivity contribution in [1.82, 2.24) is 15.1 Å². The van der Waals surface area contributed by atoms with Crippen molar-refractivity contribution in [2.45, 2.75) is 45.3 Å². The zero-order chi connectivity index (χ0) is 15.5. The molecule has 3 fully saturated rings. The highest BCUT2D eigenvalue weighted by molar-refractivity contribution is 5.80. The summed E-state index contributed by atoms with van der Waals surface area (Å²) >= 11 is 0. The molecule has 3 saturated heterocycles. The summed E-state index contributed by atoms with van der Waals surface area (Å²) in [6.45, 7) is 11.0. The van der Waals surface area contributed by atoms with E-state index in [4.69, 9.17) is 4.74 Å². The standard InChI is InChI=1S/C17H32N4O/c1-13-7-14(2)10-21(9-13)17(18-3)19-8-16-11-20-6-4-5-15(20)12-22-16/h13-16H,4-12H2,1-3H3,(H,18,19). The Morgan fingerprint density at radius 3 is 2.73 bits per heavy atom. The normalized spacial score (nSPS) is 37.2. The highest BCUT2D eigenvalue weighted by atomic mass is 16.5. The van der Waals surface area contributed by atoms with E-state index in [1.807, 2.05) is 7.05 Å². The Kier molecular flexibility index (Phi) is 5.24. The molecule has 3 aliphatic rings. The molecule has 0 spiro atoms. The third kappa shape index (κ3) is 3.74. The van der Waals surface area contributed by atoms with Crippen molar-refractivity contribution in [3.63, 3.8) is 0 Å². The number of nitrogens with zero attached hydrogens (tertiary/aromatic N) is 3. The first-order chi connectivity index (χ1) is 10.7. The second kappa shape index (κ2) is 7.18. The van der Waals surface area contributed by atoms with Gasteiger partial charge in [0.1, 0.15) is 0 Å². The summed E-state index contributed by atoms with van der Waals surface area (Å²) in [6, 6.07) is 0.680. The molecule has 5 heteroatoms. The van der Waals surface area contributed by atoms with Crippen LogP contribution in [0.3, 0.4) is 0 Å². The van der Waals surface area contributed by atoms with Gasteiger partial charge >= 0.3 is 0 Å². The molecular weight excluding hydrogens is 276 g/mol. The quantitative estimate of drug-likeness (QED) is 0.618. The third-order valence-electron chi connectivity index (χ3n) is 5.33. The first kappa shape index (κ1) is 16.1. The van der Waals surface area contributed by atoms with Gasteiger partial charge in [-0.2, -0.15) is 0 Å². The van der Waals surface area contributed by atoms with Crippen LogP contribution in [0.1, 0.15) is 33.1 Å². The number of likely N-dealkylation sites (tertiary alicyclic amines) is 1. The van der Waals surface area contributed by atoms with Crippen molar-refractivity contribution < 1.29 is 4.74 Å². The Balaban J connectivity index is 1.49. The Bertz CT molecular complexity index is 390. The average molecular weight is 308 g/mol. The molecule has 0 bridgehead atoms. The minimum absolute atomic E-state index is 0.297. The van der Waals surface area contributed by atoms with E-state index in [1.54, 1.807) is 0 Å². The van der Waals surface area contributed by atoms with Gasteiger partial charge in [-0.25, -0.2) is 0 Å². The predicted octanol–water partition coefficient (Wildman–Crippen LogP) is 1.40. The number of ether oxygens (including phenoxy) is 1. The number of guanidine groups is 1. The molecule has 5 nitrogen and oxygen atoms in total. The Labute approximate surface area is 135 Å². The summed E-state index contributed by atoms with van der Waals surface area (Å²) in [6.07, 6.45) is 4.27. The second-order valence-corrected chi connectivity index (χ2v) is 7.53. The van der Waals surface area contributed by atoms with Gasteiger partial charge in [0, 0.05) is 39.3 Å². The molecule has 0 aromatic carbocycles. The van der Waals surface area contributed by atoms with Crippen LogP contribution in [0.25, 0.3) is 0 Å². The molecule has 0 radical (unpaired) electrons. The Hall–Kier alpha value is -0.810. The van der Waals surface area contributed by atoms with Gasteiger partial charge in [0.05, 0.1) is 12.7 Å². The number of rotatable bonds is 2. The lowest BCUT2D eigenvalue weighted by molar-refractivity contribution is -0.0455. The van der Waals surface area contributed by atoms with E-state index >= 15 is 0 Å². The lowest BCUT2D eigenvalue weighted by Crippen LogP contribution is -2.53. The minimum atomic E-state index is 0.297. The van der Waals surface area contributed by atoms with Crippen molar-refractivity contribution in [3.05, 3.63) is 0 Å². The summed E-state index contributed by atoms with van der Waals surface area (Å²) in [5.74, 6) is 2.54. The smallest absolute Gasteiger partial charge is 0.193 e. The lowest BCUT2D eigenvalue weighted by atomic mass is 9.92. The Morgan fingerprint density at radius 2 is 2.00 bits per heavy atom. The van der Waals surface area contributed by atoms with Gasteiger partial charge in [-0.1, -0.05) is 13.8 Å². The van der Waals surface area contributed by atoms with Crippen LogP contribution in [0.15, 0.2) is 4.99 Å². The van der Waals surface area contributed by atoms with Crippen molar-refractivity contribution in [2.24, 2.45) is 16.8 Å². The highest BCUT2D eigenvalue weighted by Crippen LogP contribution is 2.23. The van der Waals surface area contributed by atoms with E-state index in [1.165, 1.54) is 25.8 Å². The number of hydrogen-bond acceptors (Lipinski definition) is 3. The van der Waals surface area contributed by atoms with E-state index in [9.17, 15) is 0 Å². The van der Waals surface area contributed by atoms with Gasteiger partial charge in [-0.15, -0.1) is 0 Å². The largest absolute Gasteiger partial charge is 0.373 e. The number of morpholine rings is 1. The molecule has 3 aliphatic heterocycles. The SMILES string of the molecule is CN=C(NCC1CN2CCCC2CO1)N1CC(C)CC(C)C1. The predicted molar refractivity (Wildman–Crippen MR) is 90.2 cm³/mol. The monoisotopic (exact) mass is 308 g/mol. The topological polar surface area (TPSA) is 40.1 Å². The number of piperidine rings is 1. The van der Waals surface area contributed by atoms with Crippen LogP contribution in [-0.4, -0.2) is 74.3 Å². The fourth-order valence-electron chi connectivity index (χ4n) is 4.38. The number of aliphatic imine (C=N–C) groups is 1. The highest BCUT2D eigenvalue weighted by Gasteiger charge is 2.32. The minimum Gasteiger partial charge on any atom is -0.373 e. The maximum atomic E-state index is 6.04. The van der Waals surface area contributed by atoms with Crippen LogP contribution < -0.4 is 5.32 Å². The first-order valence-corrected chi connectivity index (χ1v) is 8.97. The third-order valence-corrected chi connectivity index (χ3v) is 5.33. The molecule has 0 aliphatic carbocycles. The van der Waals surface area contributed by atoms with Gasteiger partial charge in [0.2, 0.25) is 0 Å². The van der Waals surface area contributed by atoms with Crippen LogP contribution in [-0.2, 0) is 4.74 Å². The van der Waals surface area contributed by atoms with Gasteiger partial charge in [0.15, 0.2) is 5.96 Å². The molecule has 22 heavy (non-hydrogen) atoms. The number of hydrogen-bond donors (Lipinski definition) is 1. The molecule has 4 unspecified atom stereocenters. The van der Waals surface area contributed by atoms with E-state index in [2.05, 4.69) is 34.0 Å². The zero-order valence-electron chi connectivity index (χ0n) is 14.4. The molecule has 0 aromatic heterocycles. The van der Waals surface area contributed by atoms with Crippen molar-refractivity contribution in [2.75, 3.05) is 46.4 Å². The summed E-state index contributed by atoms with van der Waals surface area (Å²) < 4.78 is 6.04. The number of fused-ring (bicyclic) bond motifs is 1. The van der Waals surface area contributed by atoms with E-state index in [0.29, 0.717) is 12.1 Å². The van der Waals surface area contributed by atoms with Crippen molar-refractivity contribution in [3.8, 4) is 0 Å². The summed E-state index contributed by atoms with van der Waals surface area (Å²) in [5, 5.41) is 3.55. The molecule has 0 saturated carbocycles. The van der Waals surface area contributed by atoms with E-state index < -0.39 is 0 Å². The number of nitrogens with one attached hydrogen (secondary N) is 1. The molecular formula is C17H32N4O. The maximum absolute atomic E-state index is 6.04. The van der Waals surface area contributed by atoms with Crippen LogP contribution in [0.2, 0.25) is 0 Å². The van der Waals surface area contributed by atoms with Crippen LogP contribution in [0.5, 0.6) is 0 Å². The van der Waals surface area contributed by atoms with Crippen molar-refractivity contribution in [1.29, 1.82) is 0 Å². The molecule has 4 atom stereocenters. The summed E-state index contributed by atoms with van der Waals surface area (Å²) in [7, 11) is 1.89. The lowest BCUT2D eigenvalue weighted by Gasteiger charge is -2.38. The Morgan fingerprint density at radius 1 is 1.23 bits per heavy atom. The van der Waals surface area contributed by atoms with Crippen LogP contribution in [0, 0.1) is 11.8 Å². The van der Waals surface area contributed by atoms with Gasteiger partial charge < -0.3 is 15.0 Å².